The highest BCUT2D eigenvalue weighted by molar-refractivity contribution is 7.98. The molecule has 0 saturated carbocycles. The summed E-state index contributed by atoms with van der Waals surface area (Å²) in [6, 6.07) is 13.7. The van der Waals surface area contributed by atoms with E-state index in [-0.39, 0.29) is 0 Å². The van der Waals surface area contributed by atoms with Gasteiger partial charge in [-0.05, 0) is 24.3 Å². The van der Waals surface area contributed by atoms with Crippen molar-refractivity contribution in [3.05, 3.63) is 66.8 Å². The second kappa shape index (κ2) is 8.81. The number of ether oxygens (including phenoxy) is 1. The van der Waals surface area contributed by atoms with Gasteiger partial charge in [0.15, 0.2) is 11.0 Å². The summed E-state index contributed by atoms with van der Waals surface area (Å²) in [7, 11) is 1.68. The van der Waals surface area contributed by atoms with Gasteiger partial charge in [0.25, 0.3) is 0 Å². The van der Waals surface area contributed by atoms with Gasteiger partial charge in [0, 0.05) is 36.4 Å². The SMILES string of the molecule is COCCn1c(SCc2coc(-c3ccccc3)n2)nnc1-c1ccncc1. The predicted molar refractivity (Wildman–Crippen MR) is 107 cm³/mol. The average molecular weight is 393 g/mol. The Bertz CT molecular complexity index is 1020. The van der Waals surface area contributed by atoms with Crippen molar-refractivity contribution in [2.45, 2.75) is 17.5 Å². The van der Waals surface area contributed by atoms with Gasteiger partial charge in [0.1, 0.15) is 6.26 Å². The van der Waals surface area contributed by atoms with Crippen LogP contribution in [-0.4, -0.2) is 38.4 Å². The van der Waals surface area contributed by atoms with Gasteiger partial charge < -0.3 is 9.15 Å². The molecule has 4 rings (SSSR count). The minimum absolute atomic E-state index is 0.575. The van der Waals surface area contributed by atoms with Crippen LogP contribution in [0.2, 0.25) is 0 Å². The first-order chi connectivity index (χ1) is 13.8. The fraction of sp³-hybridized carbons (Fsp3) is 0.200. The van der Waals surface area contributed by atoms with E-state index in [1.807, 2.05) is 42.5 Å². The molecule has 3 aromatic heterocycles. The molecule has 7 nitrogen and oxygen atoms in total. The van der Waals surface area contributed by atoms with Gasteiger partial charge in [-0.2, -0.15) is 0 Å². The van der Waals surface area contributed by atoms with Gasteiger partial charge in [0.2, 0.25) is 5.89 Å². The standard InChI is InChI=1S/C20H19N5O2S/c1-26-12-11-25-18(15-7-9-21-10-8-15)23-24-20(25)28-14-17-13-27-19(22-17)16-5-3-2-4-6-16/h2-10,13H,11-12,14H2,1H3. The van der Waals surface area contributed by atoms with Crippen LogP contribution in [0.4, 0.5) is 0 Å². The number of nitrogens with zero attached hydrogens (tertiary/aromatic N) is 5. The maximum Gasteiger partial charge on any atom is 0.226 e. The smallest absolute Gasteiger partial charge is 0.226 e. The van der Waals surface area contributed by atoms with Crippen LogP contribution in [0.3, 0.4) is 0 Å². The van der Waals surface area contributed by atoms with E-state index in [4.69, 9.17) is 9.15 Å². The zero-order valence-corrected chi connectivity index (χ0v) is 16.2. The first-order valence-corrected chi connectivity index (χ1v) is 9.79. The molecule has 142 valence electrons. The highest BCUT2D eigenvalue weighted by atomic mass is 32.2. The third-order valence-corrected chi connectivity index (χ3v) is 5.10. The van der Waals surface area contributed by atoms with E-state index < -0.39 is 0 Å². The molecular formula is C20H19N5O2S. The molecule has 0 N–H and O–H groups in total. The van der Waals surface area contributed by atoms with Crippen molar-refractivity contribution in [1.29, 1.82) is 0 Å². The lowest BCUT2D eigenvalue weighted by Gasteiger charge is -2.09. The Morgan fingerprint density at radius 3 is 2.64 bits per heavy atom. The van der Waals surface area contributed by atoms with Crippen molar-refractivity contribution < 1.29 is 9.15 Å². The molecule has 0 amide bonds. The summed E-state index contributed by atoms with van der Waals surface area (Å²) in [5.74, 6) is 2.05. The number of hydrogen-bond acceptors (Lipinski definition) is 7. The summed E-state index contributed by atoms with van der Waals surface area (Å²) in [5, 5.41) is 9.55. The van der Waals surface area contributed by atoms with Crippen molar-refractivity contribution in [3.63, 3.8) is 0 Å². The molecule has 0 unspecified atom stereocenters. The van der Waals surface area contributed by atoms with Gasteiger partial charge in [-0.15, -0.1) is 10.2 Å². The third kappa shape index (κ3) is 4.13. The number of benzene rings is 1. The number of pyridine rings is 1. The summed E-state index contributed by atoms with van der Waals surface area (Å²) in [4.78, 5) is 8.64. The molecule has 0 aliphatic heterocycles. The topological polar surface area (TPSA) is 78.9 Å². The summed E-state index contributed by atoms with van der Waals surface area (Å²) in [6.07, 6.45) is 5.19. The van der Waals surface area contributed by atoms with Crippen LogP contribution in [0.1, 0.15) is 5.69 Å². The highest BCUT2D eigenvalue weighted by Crippen LogP contribution is 2.27. The Morgan fingerprint density at radius 2 is 1.86 bits per heavy atom. The number of methoxy groups -OCH3 is 1. The quantitative estimate of drug-likeness (QED) is 0.420. The molecule has 1 aromatic carbocycles. The lowest BCUT2D eigenvalue weighted by molar-refractivity contribution is 0.185. The van der Waals surface area contributed by atoms with E-state index >= 15 is 0 Å². The van der Waals surface area contributed by atoms with Crippen molar-refractivity contribution in [2.75, 3.05) is 13.7 Å². The average Bonchev–Trinajstić information content (AvgIpc) is 3.39. The van der Waals surface area contributed by atoms with Crippen LogP contribution in [0, 0.1) is 0 Å². The van der Waals surface area contributed by atoms with Crippen LogP contribution < -0.4 is 0 Å². The Hall–Kier alpha value is -2.97. The molecule has 0 saturated heterocycles. The van der Waals surface area contributed by atoms with Crippen LogP contribution in [0.15, 0.2) is 70.7 Å². The molecule has 8 heteroatoms. The van der Waals surface area contributed by atoms with Gasteiger partial charge in [-0.3, -0.25) is 9.55 Å². The monoisotopic (exact) mass is 393 g/mol. The molecule has 0 aliphatic carbocycles. The first kappa shape index (κ1) is 18.4. The molecule has 0 aliphatic rings. The summed E-state index contributed by atoms with van der Waals surface area (Å²) >= 11 is 1.57. The first-order valence-electron chi connectivity index (χ1n) is 8.80. The third-order valence-electron chi connectivity index (χ3n) is 4.10. The fourth-order valence-electron chi connectivity index (χ4n) is 2.72. The highest BCUT2D eigenvalue weighted by Gasteiger charge is 2.15. The van der Waals surface area contributed by atoms with Gasteiger partial charge in [-0.1, -0.05) is 30.0 Å². The van der Waals surface area contributed by atoms with E-state index in [9.17, 15) is 0 Å². The van der Waals surface area contributed by atoms with Gasteiger partial charge in [-0.25, -0.2) is 4.98 Å². The van der Waals surface area contributed by atoms with E-state index in [2.05, 4.69) is 24.7 Å². The zero-order chi connectivity index (χ0) is 19.2. The van der Waals surface area contributed by atoms with Crippen LogP contribution in [-0.2, 0) is 17.0 Å². The molecule has 28 heavy (non-hydrogen) atoms. The van der Waals surface area contributed by atoms with E-state index in [1.165, 1.54) is 0 Å². The number of hydrogen-bond donors (Lipinski definition) is 0. The molecule has 0 fully saturated rings. The van der Waals surface area contributed by atoms with Gasteiger partial charge >= 0.3 is 0 Å². The molecule has 0 atom stereocenters. The molecule has 4 aromatic rings. The minimum atomic E-state index is 0.575. The summed E-state index contributed by atoms with van der Waals surface area (Å²) in [5.41, 5.74) is 2.79. The van der Waals surface area contributed by atoms with Crippen molar-refractivity contribution >= 4 is 11.8 Å². The van der Waals surface area contributed by atoms with Crippen molar-refractivity contribution in [1.82, 2.24) is 24.7 Å². The van der Waals surface area contributed by atoms with Crippen molar-refractivity contribution in [3.8, 4) is 22.8 Å². The molecule has 3 heterocycles. The molecular weight excluding hydrogens is 374 g/mol. The van der Waals surface area contributed by atoms with Crippen LogP contribution in [0.5, 0.6) is 0 Å². The molecule has 0 bridgehead atoms. The molecule has 0 radical (unpaired) electrons. The second-order valence-electron chi connectivity index (χ2n) is 5.99. The van der Waals surface area contributed by atoms with Crippen LogP contribution in [0.25, 0.3) is 22.8 Å². The normalized spacial score (nSPS) is 11.0. The fourth-order valence-corrected chi connectivity index (χ4v) is 3.56. The maximum absolute atomic E-state index is 5.61. The Labute approximate surface area is 166 Å². The molecule has 0 spiro atoms. The van der Waals surface area contributed by atoms with Crippen LogP contribution >= 0.6 is 11.8 Å². The predicted octanol–water partition coefficient (Wildman–Crippen LogP) is 3.93. The Balaban J connectivity index is 1.52. The number of aromatic nitrogens is 5. The summed E-state index contributed by atoms with van der Waals surface area (Å²) < 4.78 is 12.9. The number of oxazole rings is 1. The number of thioether (sulfide) groups is 1. The van der Waals surface area contributed by atoms with E-state index in [0.29, 0.717) is 24.8 Å². The zero-order valence-electron chi connectivity index (χ0n) is 15.4. The van der Waals surface area contributed by atoms with E-state index in [1.54, 1.807) is 37.5 Å². The van der Waals surface area contributed by atoms with Gasteiger partial charge in [0.05, 0.1) is 18.8 Å². The minimum Gasteiger partial charge on any atom is -0.444 e. The number of rotatable bonds is 8. The largest absolute Gasteiger partial charge is 0.444 e. The van der Waals surface area contributed by atoms with E-state index in [0.717, 1.165) is 27.8 Å². The lowest BCUT2D eigenvalue weighted by atomic mass is 10.2. The maximum atomic E-state index is 5.61. The Kier molecular flexibility index (Phi) is 5.79. The second-order valence-corrected chi connectivity index (χ2v) is 6.93. The lowest BCUT2D eigenvalue weighted by Crippen LogP contribution is -2.07. The summed E-state index contributed by atoms with van der Waals surface area (Å²) in [6.45, 7) is 1.24. The Morgan fingerprint density at radius 1 is 1.04 bits per heavy atom. The van der Waals surface area contributed by atoms with Crippen molar-refractivity contribution in [2.24, 2.45) is 0 Å².